The molecule has 0 radical (unpaired) electrons. The summed E-state index contributed by atoms with van der Waals surface area (Å²) < 4.78 is 51.3. The monoisotopic (exact) mass is 315 g/mol. The summed E-state index contributed by atoms with van der Waals surface area (Å²) in [5.41, 5.74) is -2.62. The molecular formula is C15H21BF3NO2. The van der Waals surface area contributed by atoms with Crippen LogP contribution in [0.1, 0.15) is 47.2 Å². The summed E-state index contributed by atoms with van der Waals surface area (Å²) in [6.45, 7) is 9.82. The van der Waals surface area contributed by atoms with Crippen LogP contribution < -0.4 is 5.46 Å². The lowest BCUT2D eigenvalue weighted by Gasteiger charge is -2.32. The van der Waals surface area contributed by atoms with E-state index in [4.69, 9.17) is 9.31 Å². The van der Waals surface area contributed by atoms with Crippen LogP contribution in [0.4, 0.5) is 13.2 Å². The first-order valence-electron chi connectivity index (χ1n) is 7.17. The van der Waals surface area contributed by atoms with E-state index in [0.717, 1.165) is 13.8 Å². The van der Waals surface area contributed by atoms with Crippen molar-refractivity contribution in [3.05, 3.63) is 24.0 Å². The Morgan fingerprint density at radius 3 is 2.00 bits per heavy atom. The van der Waals surface area contributed by atoms with Crippen molar-refractivity contribution in [2.75, 3.05) is 0 Å². The van der Waals surface area contributed by atoms with Gasteiger partial charge in [0, 0.05) is 6.20 Å². The number of halogens is 3. The quantitative estimate of drug-likeness (QED) is 0.785. The van der Waals surface area contributed by atoms with Crippen LogP contribution in [0.2, 0.25) is 0 Å². The van der Waals surface area contributed by atoms with Crippen molar-refractivity contribution in [1.29, 1.82) is 0 Å². The second-order valence-corrected chi connectivity index (χ2v) is 7.19. The number of rotatable bonds is 2. The summed E-state index contributed by atoms with van der Waals surface area (Å²) in [4.78, 5) is 3.89. The minimum Gasteiger partial charge on any atom is -0.399 e. The Balaban J connectivity index is 2.35. The fourth-order valence-electron chi connectivity index (χ4n) is 2.06. The number of hydrogen-bond donors (Lipinski definition) is 0. The molecule has 0 aliphatic carbocycles. The summed E-state index contributed by atoms with van der Waals surface area (Å²) in [5.74, 6) is 0. The van der Waals surface area contributed by atoms with E-state index in [1.54, 1.807) is 6.07 Å². The molecule has 0 saturated carbocycles. The smallest absolute Gasteiger partial charge is 0.399 e. The van der Waals surface area contributed by atoms with Gasteiger partial charge in [-0.2, -0.15) is 13.2 Å². The van der Waals surface area contributed by atoms with E-state index in [-0.39, 0.29) is 5.69 Å². The first-order chi connectivity index (χ1) is 9.78. The number of aromatic nitrogens is 1. The minimum atomic E-state index is -4.38. The lowest BCUT2D eigenvalue weighted by Crippen LogP contribution is -2.41. The third-order valence-electron chi connectivity index (χ3n) is 4.66. The van der Waals surface area contributed by atoms with E-state index in [1.165, 1.54) is 12.3 Å². The van der Waals surface area contributed by atoms with Crippen LogP contribution in [-0.2, 0) is 14.7 Å². The summed E-state index contributed by atoms with van der Waals surface area (Å²) in [7, 11) is -0.698. The lowest BCUT2D eigenvalue weighted by molar-refractivity contribution is -0.181. The number of hydrogen-bond acceptors (Lipinski definition) is 3. The van der Waals surface area contributed by atoms with Crippen molar-refractivity contribution in [2.24, 2.45) is 0 Å². The molecule has 2 heterocycles. The summed E-state index contributed by atoms with van der Waals surface area (Å²) >= 11 is 0. The van der Waals surface area contributed by atoms with Gasteiger partial charge in [0.15, 0.2) is 0 Å². The molecule has 0 bridgehead atoms. The summed E-state index contributed by atoms with van der Waals surface area (Å²) in [6.07, 6.45) is -3.02. The van der Waals surface area contributed by atoms with Gasteiger partial charge in [0.25, 0.3) is 0 Å². The highest BCUT2D eigenvalue weighted by Gasteiger charge is 2.53. The highest BCUT2D eigenvalue weighted by molar-refractivity contribution is 6.62. The van der Waals surface area contributed by atoms with E-state index >= 15 is 0 Å². The third kappa shape index (κ3) is 2.76. The zero-order valence-corrected chi connectivity index (χ0v) is 13.7. The van der Waals surface area contributed by atoms with Gasteiger partial charge in [0.05, 0.1) is 16.9 Å². The Bertz CT molecular complexity index is 554. The zero-order valence-electron chi connectivity index (χ0n) is 13.7. The van der Waals surface area contributed by atoms with Crippen LogP contribution in [-0.4, -0.2) is 29.5 Å². The molecule has 3 nitrogen and oxygen atoms in total. The molecule has 0 N–H and O–H groups in total. The number of pyridine rings is 1. The third-order valence-corrected chi connectivity index (χ3v) is 4.66. The molecule has 1 aliphatic rings. The Kier molecular flexibility index (Phi) is 3.90. The predicted molar refractivity (Wildman–Crippen MR) is 79.0 cm³/mol. The molecule has 0 spiro atoms. The fraction of sp³-hybridized carbons (Fsp3) is 0.667. The van der Waals surface area contributed by atoms with Crippen LogP contribution in [0.15, 0.2) is 18.3 Å². The Morgan fingerprint density at radius 1 is 1.05 bits per heavy atom. The van der Waals surface area contributed by atoms with E-state index < -0.39 is 29.9 Å². The van der Waals surface area contributed by atoms with Crippen molar-refractivity contribution in [3.8, 4) is 0 Å². The topological polar surface area (TPSA) is 31.4 Å². The van der Waals surface area contributed by atoms with Gasteiger partial charge in [-0.25, -0.2) is 0 Å². The number of alkyl halides is 3. The van der Waals surface area contributed by atoms with E-state index in [2.05, 4.69) is 4.98 Å². The maximum atomic E-state index is 13.2. The van der Waals surface area contributed by atoms with Crippen molar-refractivity contribution < 1.29 is 22.5 Å². The maximum Gasteiger partial charge on any atom is 0.494 e. The highest BCUT2D eigenvalue weighted by Crippen LogP contribution is 2.40. The SMILES string of the molecule is CC1(C)OB(c2ccnc(C(C)(C)C(F)(F)F)c2)OC1(C)C. The standard InChI is InChI=1S/C15H21BF3NO2/c1-12(2,15(17,18)19)11-9-10(7-8-20-11)16-21-13(3,4)14(5,6)22-16/h7-9H,1-6H3. The average molecular weight is 315 g/mol. The van der Waals surface area contributed by atoms with Crippen LogP contribution in [0.3, 0.4) is 0 Å². The molecule has 0 amide bonds. The molecule has 1 aliphatic heterocycles. The van der Waals surface area contributed by atoms with E-state index in [9.17, 15) is 13.2 Å². The van der Waals surface area contributed by atoms with E-state index in [0.29, 0.717) is 5.46 Å². The molecule has 1 aromatic heterocycles. The second kappa shape index (κ2) is 4.96. The van der Waals surface area contributed by atoms with Gasteiger partial charge in [-0.15, -0.1) is 0 Å². The lowest BCUT2D eigenvalue weighted by atomic mass is 9.77. The van der Waals surface area contributed by atoms with Crippen LogP contribution in [0, 0.1) is 0 Å². The first kappa shape index (κ1) is 17.3. The molecule has 22 heavy (non-hydrogen) atoms. The van der Waals surface area contributed by atoms with Gasteiger partial charge < -0.3 is 9.31 Å². The number of nitrogens with zero attached hydrogens (tertiary/aromatic N) is 1. The van der Waals surface area contributed by atoms with Crippen LogP contribution in [0.25, 0.3) is 0 Å². The highest BCUT2D eigenvalue weighted by atomic mass is 19.4. The Hall–Kier alpha value is -1.08. The predicted octanol–water partition coefficient (Wildman–Crippen LogP) is 3.22. The Labute approximate surface area is 129 Å². The van der Waals surface area contributed by atoms with E-state index in [1.807, 2.05) is 27.7 Å². The normalized spacial score (nSPS) is 21.2. The van der Waals surface area contributed by atoms with Gasteiger partial charge in [-0.05, 0) is 59.1 Å². The molecule has 2 rings (SSSR count). The summed E-state index contributed by atoms with van der Waals surface area (Å²) in [6, 6.07) is 3.04. The minimum absolute atomic E-state index is 0.0489. The molecule has 0 aromatic carbocycles. The first-order valence-corrected chi connectivity index (χ1v) is 7.17. The van der Waals surface area contributed by atoms with Gasteiger partial charge >= 0.3 is 13.3 Å². The van der Waals surface area contributed by atoms with Crippen molar-refractivity contribution >= 4 is 12.6 Å². The molecule has 0 unspecified atom stereocenters. The van der Waals surface area contributed by atoms with Gasteiger partial charge in [0.1, 0.15) is 5.41 Å². The van der Waals surface area contributed by atoms with Gasteiger partial charge in [-0.1, -0.05) is 0 Å². The average Bonchev–Trinajstić information content (AvgIpc) is 2.57. The Morgan fingerprint density at radius 2 is 1.55 bits per heavy atom. The van der Waals surface area contributed by atoms with Crippen molar-refractivity contribution in [2.45, 2.75) is 64.3 Å². The van der Waals surface area contributed by atoms with Gasteiger partial charge in [-0.3, -0.25) is 4.98 Å². The summed E-state index contributed by atoms with van der Waals surface area (Å²) in [5, 5.41) is 0. The van der Waals surface area contributed by atoms with Crippen molar-refractivity contribution in [3.63, 3.8) is 0 Å². The molecule has 7 heteroatoms. The van der Waals surface area contributed by atoms with Crippen LogP contribution >= 0.6 is 0 Å². The van der Waals surface area contributed by atoms with Crippen molar-refractivity contribution in [1.82, 2.24) is 4.98 Å². The van der Waals surface area contributed by atoms with Gasteiger partial charge in [0.2, 0.25) is 0 Å². The molecule has 0 atom stereocenters. The van der Waals surface area contributed by atoms with Crippen LogP contribution in [0.5, 0.6) is 0 Å². The maximum absolute atomic E-state index is 13.2. The zero-order chi connectivity index (χ0) is 17.0. The molecular weight excluding hydrogens is 294 g/mol. The molecule has 122 valence electrons. The molecule has 1 fully saturated rings. The molecule has 1 aromatic rings. The fourth-order valence-corrected chi connectivity index (χ4v) is 2.06. The molecule has 1 saturated heterocycles. The second-order valence-electron chi connectivity index (χ2n) is 7.19. The largest absolute Gasteiger partial charge is 0.494 e.